The maximum Gasteiger partial charge on any atom is 0.303 e. The predicted molar refractivity (Wildman–Crippen MR) is 76.3 cm³/mol. The summed E-state index contributed by atoms with van der Waals surface area (Å²) in [6.45, 7) is 1.81. The van der Waals surface area contributed by atoms with Gasteiger partial charge >= 0.3 is 5.97 Å². The van der Waals surface area contributed by atoms with E-state index in [9.17, 15) is 4.79 Å². The van der Waals surface area contributed by atoms with Gasteiger partial charge in [-0.2, -0.15) is 0 Å². The Labute approximate surface area is 113 Å². The number of rotatable bonds is 8. The number of hydrogen-bond donors (Lipinski definition) is 1. The van der Waals surface area contributed by atoms with Crippen molar-refractivity contribution in [3.05, 3.63) is 29.8 Å². The van der Waals surface area contributed by atoms with Crippen molar-refractivity contribution in [2.75, 3.05) is 26.4 Å². The first-order valence-electron chi connectivity index (χ1n) is 6.15. The third-order valence-corrected chi connectivity index (χ3v) is 3.62. The Morgan fingerprint density at radius 2 is 1.94 bits per heavy atom. The number of carbonyl (C=O) groups is 1. The largest absolute Gasteiger partial charge is 0.481 e. The highest BCUT2D eigenvalue weighted by Gasteiger charge is 2.02. The maximum atomic E-state index is 10.4. The minimum absolute atomic E-state index is 0.257. The van der Waals surface area contributed by atoms with Gasteiger partial charge in [-0.3, -0.25) is 4.79 Å². The van der Waals surface area contributed by atoms with Crippen molar-refractivity contribution in [3.63, 3.8) is 0 Å². The average molecular weight is 267 g/mol. The Balaban J connectivity index is 2.24. The monoisotopic (exact) mass is 267 g/mol. The Hall–Kier alpha value is -1.00. The molecule has 1 rings (SSSR count). The molecule has 4 heteroatoms. The van der Waals surface area contributed by atoms with Crippen LogP contribution in [0.25, 0.3) is 0 Å². The standard InChI is InChI=1S/C14H21NO2S/c1-15(10-3-4-14(16)17)11-9-12-5-7-13(18-2)8-6-12/h5-8H,3-4,9-11H2,1-2H3,(H,16,17). The van der Waals surface area contributed by atoms with Crippen molar-refractivity contribution in [2.24, 2.45) is 0 Å². The molecule has 0 aliphatic carbocycles. The molecular weight excluding hydrogens is 246 g/mol. The highest BCUT2D eigenvalue weighted by molar-refractivity contribution is 7.98. The summed E-state index contributed by atoms with van der Waals surface area (Å²) in [5, 5.41) is 8.56. The minimum Gasteiger partial charge on any atom is -0.481 e. The quantitative estimate of drug-likeness (QED) is 0.735. The highest BCUT2D eigenvalue weighted by atomic mass is 32.2. The molecule has 0 spiro atoms. The Kier molecular flexibility index (Phi) is 6.83. The fourth-order valence-corrected chi connectivity index (χ4v) is 2.13. The summed E-state index contributed by atoms with van der Waals surface area (Å²) in [6, 6.07) is 8.61. The Morgan fingerprint density at radius 3 is 2.50 bits per heavy atom. The van der Waals surface area contributed by atoms with Gasteiger partial charge in [-0.1, -0.05) is 12.1 Å². The van der Waals surface area contributed by atoms with Crippen LogP contribution in [0.15, 0.2) is 29.2 Å². The van der Waals surface area contributed by atoms with Crippen LogP contribution in [0.3, 0.4) is 0 Å². The summed E-state index contributed by atoms with van der Waals surface area (Å²) in [5.41, 5.74) is 1.33. The first-order chi connectivity index (χ1) is 8.61. The SMILES string of the molecule is CSc1ccc(CCN(C)CCCC(=O)O)cc1. The second-order valence-electron chi connectivity index (χ2n) is 4.40. The molecule has 1 N–H and O–H groups in total. The third-order valence-electron chi connectivity index (χ3n) is 2.87. The van der Waals surface area contributed by atoms with E-state index in [2.05, 4.69) is 35.4 Å². The lowest BCUT2D eigenvalue weighted by Crippen LogP contribution is -2.23. The number of carboxylic acids is 1. The molecular formula is C14H21NO2S. The van der Waals surface area contributed by atoms with E-state index in [-0.39, 0.29) is 6.42 Å². The van der Waals surface area contributed by atoms with E-state index < -0.39 is 5.97 Å². The van der Waals surface area contributed by atoms with E-state index >= 15 is 0 Å². The van der Waals surface area contributed by atoms with Crippen molar-refractivity contribution in [1.29, 1.82) is 0 Å². The summed E-state index contributed by atoms with van der Waals surface area (Å²) in [6.07, 6.45) is 4.06. The van der Waals surface area contributed by atoms with Gasteiger partial charge in [-0.25, -0.2) is 0 Å². The molecule has 0 aromatic heterocycles. The van der Waals surface area contributed by atoms with E-state index in [1.165, 1.54) is 10.5 Å². The molecule has 18 heavy (non-hydrogen) atoms. The Bertz CT molecular complexity index is 365. The second kappa shape index (κ2) is 8.16. The maximum absolute atomic E-state index is 10.4. The molecule has 0 aliphatic heterocycles. The van der Waals surface area contributed by atoms with Crippen LogP contribution in [0, 0.1) is 0 Å². The molecule has 0 saturated carbocycles. The van der Waals surface area contributed by atoms with E-state index in [1.807, 2.05) is 7.05 Å². The molecule has 0 bridgehead atoms. The summed E-state index contributed by atoms with van der Waals surface area (Å²) in [7, 11) is 2.04. The van der Waals surface area contributed by atoms with Crippen LogP contribution < -0.4 is 0 Å². The normalized spacial score (nSPS) is 10.8. The van der Waals surface area contributed by atoms with Gasteiger partial charge in [0.15, 0.2) is 0 Å². The van der Waals surface area contributed by atoms with E-state index in [0.717, 1.165) is 25.9 Å². The van der Waals surface area contributed by atoms with Gasteiger partial charge in [0.05, 0.1) is 0 Å². The van der Waals surface area contributed by atoms with Gasteiger partial charge in [0.1, 0.15) is 0 Å². The fourth-order valence-electron chi connectivity index (χ4n) is 1.72. The third kappa shape index (κ3) is 6.07. The van der Waals surface area contributed by atoms with Gasteiger partial charge < -0.3 is 10.0 Å². The molecule has 0 heterocycles. The zero-order valence-electron chi connectivity index (χ0n) is 11.1. The van der Waals surface area contributed by atoms with Crippen LogP contribution >= 0.6 is 11.8 Å². The van der Waals surface area contributed by atoms with Crippen LogP contribution in [-0.2, 0) is 11.2 Å². The van der Waals surface area contributed by atoms with Crippen LogP contribution in [0.1, 0.15) is 18.4 Å². The number of likely N-dealkylation sites (N-methyl/N-ethyl adjacent to an activating group) is 1. The number of nitrogens with zero attached hydrogens (tertiary/aromatic N) is 1. The fraction of sp³-hybridized carbons (Fsp3) is 0.500. The lowest BCUT2D eigenvalue weighted by Gasteiger charge is -2.15. The number of hydrogen-bond acceptors (Lipinski definition) is 3. The molecule has 100 valence electrons. The number of aliphatic carboxylic acids is 1. The zero-order valence-corrected chi connectivity index (χ0v) is 11.9. The summed E-state index contributed by atoms with van der Waals surface area (Å²) >= 11 is 1.75. The topological polar surface area (TPSA) is 40.5 Å². The first kappa shape index (κ1) is 15.1. The molecule has 0 amide bonds. The molecule has 0 radical (unpaired) electrons. The lowest BCUT2D eigenvalue weighted by atomic mass is 10.1. The molecule has 1 aromatic carbocycles. The summed E-state index contributed by atoms with van der Waals surface area (Å²) in [4.78, 5) is 13.9. The van der Waals surface area contributed by atoms with Crippen LogP contribution in [0.5, 0.6) is 0 Å². The summed E-state index contributed by atoms with van der Waals surface area (Å²) in [5.74, 6) is -0.712. The molecule has 1 aromatic rings. The Morgan fingerprint density at radius 1 is 1.28 bits per heavy atom. The van der Waals surface area contributed by atoms with Gasteiger partial charge in [0.2, 0.25) is 0 Å². The van der Waals surface area contributed by atoms with Crippen molar-refractivity contribution in [3.8, 4) is 0 Å². The van der Waals surface area contributed by atoms with E-state index in [4.69, 9.17) is 5.11 Å². The molecule has 0 aliphatic rings. The van der Waals surface area contributed by atoms with Gasteiger partial charge in [-0.05, 0) is 50.4 Å². The van der Waals surface area contributed by atoms with E-state index in [0.29, 0.717) is 0 Å². The summed E-state index contributed by atoms with van der Waals surface area (Å²) < 4.78 is 0. The van der Waals surface area contributed by atoms with Gasteiger partial charge in [-0.15, -0.1) is 11.8 Å². The minimum atomic E-state index is -0.712. The van der Waals surface area contributed by atoms with E-state index in [1.54, 1.807) is 11.8 Å². The zero-order chi connectivity index (χ0) is 13.4. The number of carboxylic acid groups (broad SMARTS) is 1. The molecule has 0 fully saturated rings. The number of thioether (sulfide) groups is 1. The van der Waals surface area contributed by atoms with Crippen LogP contribution in [0.2, 0.25) is 0 Å². The number of benzene rings is 1. The van der Waals surface area contributed by atoms with Gasteiger partial charge in [0, 0.05) is 17.9 Å². The van der Waals surface area contributed by atoms with Crippen molar-refractivity contribution < 1.29 is 9.90 Å². The van der Waals surface area contributed by atoms with Crippen molar-refractivity contribution in [2.45, 2.75) is 24.2 Å². The highest BCUT2D eigenvalue weighted by Crippen LogP contribution is 2.15. The molecule has 0 saturated heterocycles. The molecule has 0 atom stereocenters. The molecule has 3 nitrogen and oxygen atoms in total. The van der Waals surface area contributed by atoms with Crippen molar-refractivity contribution >= 4 is 17.7 Å². The lowest BCUT2D eigenvalue weighted by molar-refractivity contribution is -0.137. The van der Waals surface area contributed by atoms with Gasteiger partial charge in [0.25, 0.3) is 0 Å². The second-order valence-corrected chi connectivity index (χ2v) is 5.28. The van der Waals surface area contributed by atoms with Crippen LogP contribution in [0.4, 0.5) is 0 Å². The first-order valence-corrected chi connectivity index (χ1v) is 7.37. The smallest absolute Gasteiger partial charge is 0.303 e. The van der Waals surface area contributed by atoms with Crippen molar-refractivity contribution in [1.82, 2.24) is 4.90 Å². The predicted octanol–water partition coefficient (Wildman–Crippen LogP) is 2.75. The average Bonchev–Trinajstić information content (AvgIpc) is 2.36. The molecule has 0 unspecified atom stereocenters. The van der Waals surface area contributed by atoms with Crippen LogP contribution in [-0.4, -0.2) is 42.4 Å².